The first-order valence-electron chi connectivity index (χ1n) is 9.39. The maximum Gasteiger partial charge on any atom is 0.251 e. The zero-order valence-corrected chi connectivity index (χ0v) is 19.4. The van der Waals surface area contributed by atoms with Crippen molar-refractivity contribution in [2.24, 2.45) is 0 Å². The summed E-state index contributed by atoms with van der Waals surface area (Å²) in [6.07, 6.45) is 3.98. The molecule has 2 N–H and O–H groups in total. The molecule has 1 atom stereocenters. The van der Waals surface area contributed by atoms with Gasteiger partial charge in [-0.2, -0.15) is 0 Å². The van der Waals surface area contributed by atoms with Gasteiger partial charge in [0.05, 0.1) is 4.90 Å². The molecule has 0 radical (unpaired) electrons. The smallest absolute Gasteiger partial charge is 0.251 e. The van der Waals surface area contributed by atoms with Crippen LogP contribution in [0.3, 0.4) is 0 Å². The molecule has 10 heteroatoms. The number of allylic oxidation sites excluding steroid dienone is 1. The number of hydrogen-bond acceptors (Lipinski definition) is 6. The normalized spacial score (nSPS) is 17.2. The summed E-state index contributed by atoms with van der Waals surface area (Å²) in [4.78, 5) is 15.0. The number of thioether (sulfide) groups is 1. The Kier molecular flexibility index (Phi) is 6.61. The molecular formula is C20H24N2O5S3. The first-order valence-corrected chi connectivity index (χ1v) is 13.6. The molecule has 1 aliphatic rings. The Bertz CT molecular complexity index is 1240. The Morgan fingerprint density at radius 2 is 1.83 bits per heavy atom. The van der Waals surface area contributed by atoms with Crippen molar-refractivity contribution in [2.45, 2.75) is 43.4 Å². The van der Waals surface area contributed by atoms with Crippen LogP contribution in [-0.4, -0.2) is 28.1 Å². The molecule has 0 aliphatic carbocycles. The van der Waals surface area contributed by atoms with E-state index in [0.29, 0.717) is 24.0 Å². The van der Waals surface area contributed by atoms with Crippen molar-refractivity contribution < 1.29 is 16.8 Å². The van der Waals surface area contributed by atoms with Crippen LogP contribution >= 0.6 is 11.8 Å². The van der Waals surface area contributed by atoms with Crippen LogP contribution in [-0.2, 0) is 32.8 Å². The van der Waals surface area contributed by atoms with Gasteiger partial charge >= 0.3 is 0 Å². The number of H-pyrrole nitrogens is 1. The number of aromatic nitrogens is 1. The molecule has 1 aliphatic heterocycles. The first-order chi connectivity index (χ1) is 14.0. The zero-order chi connectivity index (χ0) is 22.1. The first kappa shape index (κ1) is 22.8. The lowest BCUT2D eigenvalue weighted by molar-refractivity contribution is 0.589. The van der Waals surface area contributed by atoms with Gasteiger partial charge in [0.2, 0.25) is 10.0 Å². The van der Waals surface area contributed by atoms with E-state index < -0.39 is 19.9 Å². The number of benzene rings is 1. The van der Waals surface area contributed by atoms with E-state index in [-0.39, 0.29) is 26.5 Å². The van der Waals surface area contributed by atoms with Gasteiger partial charge in [0.1, 0.15) is 4.24 Å². The maximum atomic E-state index is 12.7. The Balaban J connectivity index is 1.69. The van der Waals surface area contributed by atoms with Crippen LogP contribution in [0.25, 0.3) is 0 Å². The van der Waals surface area contributed by atoms with Gasteiger partial charge in [0, 0.05) is 29.3 Å². The van der Waals surface area contributed by atoms with Crippen molar-refractivity contribution in [3.63, 3.8) is 0 Å². The lowest BCUT2D eigenvalue weighted by Gasteiger charge is -2.15. The minimum Gasteiger partial charge on any atom is -0.326 e. The highest BCUT2D eigenvalue weighted by molar-refractivity contribution is 8.18. The van der Waals surface area contributed by atoms with Gasteiger partial charge in [-0.1, -0.05) is 25.1 Å². The minimum atomic E-state index is -3.69. The molecule has 7 nitrogen and oxygen atoms in total. The fourth-order valence-corrected chi connectivity index (χ4v) is 6.70. The summed E-state index contributed by atoms with van der Waals surface area (Å²) in [5.74, 6) is 0. The van der Waals surface area contributed by atoms with Crippen molar-refractivity contribution in [3.05, 3.63) is 73.4 Å². The van der Waals surface area contributed by atoms with Gasteiger partial charge in [-0.05, 0) is 49.1 Å². The molecule has 0 amide bonds. The summed E-state index contributed by atoms with van der Waals surface area (Å²) >= 11 is 1.26. The third-order valence-corrected chi connectivity index (χ3v) is 9.35. The van der Waals surface area contributed by atoms with Crippen LogP contribution in [0, 0.1) is 6.92 Å². The van der Waals surface area contributed by atoms with Gasteiger partial charge < -0.3 is 4.98 Å². The number of sulfone groups is 1. The largest absolute Gasteiger partial charge is 0.326 e. The third kappa shape index (κ3) is 5.05. The van der Waals surface area contributed by atoms with E-state index in [1.54, 1.807) is 18.2 Å². The van der Waals surface area contributed by atoms with Gasteiger partial charge in [-0.3, -0.25) is 4.79 Å². The van der Waals surface area contributed by atoms with E-state index >= 15 is 0 Å². The van der Waals surface area contributed by atoms with Gasteiger partial charge in [-0.15, -0.1) is 11.8 Å². The molecule has 2 aromatic rings. The standard InChI is InChI=1S/C20H24N2O5S3/c1-4-15-11-17(13(2)22-20(15)23)18-9-10-19(28-18)30(26,27)21-12-14-5-7-16(8-6-14)29(3,24)25/h5-8,10-11,18,21H,4,9,12H2,1-3H3,(H,22,23). The Hall–Kier alpha value is -1.88. The monoisotopic (exact) mass is 468 g/mol. The molecular weight excluding hydrogens is 444 g/mol. The predicted molar refractivity (Wildman–Crippen MR) is 120 cm³/mol. The Morgan fingerprint density at radius 3 is 2.43 bits per heavy atom. The highest BCUT2D eigenvalue weighted by Gasteiger charge is 2.29. The van der Waals surface area contributed by atoms with Gasteiger partial charge in [0.15, 0.2) is 9.84 Å². The maximum absolute atomic E-state index is 12.7. The van der Waals surface area contributed by atoms with E-state index in [9.17, 15) is 21.6 Å². The van der Waals surface area contributed by atoms with Crippen LogP contribution in [0.4, 0.5) is 0 Å². The molecule has 0 saturated carbocycles. The predicted octanol–water partition coefficient (Wildman–Crippen LogP) is 2.79. The highest BCUT2D eigenvalue weighted by atomic mass is 32.3. The van der Waals surface area contributed by atoms with Crippen molar-refractivity contribution in [1.29, 1.82) is 0 Å². The summed E-state index contributed by atoms with van der Waals surface area (Å²) in [5, 5.41) is -0.0761. The summed E-state index contributed by atoms with van der Waals surface area (Å²) in [6, 6.07) is 7.97. The van der Waals surface area contributed by atoms with Gasteiger partial charge in [-0.25, -0.2) is 21.6 Å². The average molecular weight is 469 g/mol. The van der Waals surface area contributed by atoms with E-state index in [2.05, 4.69) is 9.71 Å². The summed E-state index contributed by atoms with van der Waals surface area (Å²) in [6.45, 7) is 3.79. The van der Waals surface area contributed by atoms with Crippen LogP contribution in [0.2, 0.25) is 0 Å². The second kappa shape index (κ2) is 8.70. The highest BCUT2D eigenvalue weighted by Crippen LogP contribution is 2.46. The van der Waals surface area contributed by atoms with E-state index in [4.69, 9.17) is 0 Å². The van der Waals surface area contributed by atoms with Crippen LogP contribution in [0.5, 0.6) is 0 Å². The molecule has 0 fully saturated rings. The van der Waals surface area contributed by atoms with Crippen LogP contribution < -0.4 is 10.3 Å². The fraction of sp³-hybridized carbons (Fsp3) is 0.350. The zero-order valence-electron chi connectivity index (χ0n) is 16.9. The Morgan fingerprint density at radius 1 is 1.17 bits per heavy atom. The fourth-order valence-electron chi connectivity index (χ4n) is 3.19. The Labute approximate surface area is 181 Å². The number of aromatic amines is 1. The summed E-state index contributed by atoms with van der Waals surface area (Å²) in [5.41, 5.74) is 2.93. The van der Waals surface area contributed by atoms with E-state index in [1.165, 1.54) is 23.9 Å². The molecule has 2 heterocycles. The lowest BCUT2D eigenvalue weighted by Crippen LogP contribution is -2.23. The molecule has 1 aromatic heterocycles. The molecule has 0 bridgehead atoms. The summed E-state index contributed by atoms with van der Waals surface area (Å²) < 4.78 is 51.3. The second-order valence-electron chi connectivity index (χ2n) is 7.16. The minimum absolute atomic E-state index is 0.0621. The van der Waals surface area contributed by atoms with Crippen molar-refractivity contribution in [2.75, 3.05) is 6.26 Å². The number of nitrogens with one attached hydrogen (secondary N) is 2. The molecule has 162 valence electrons. The average Bonchev–Trinajstić information content (AvgIpc) is 3.17. The molecule has 3 rings (SSSR count). The van der Waals surface area contributed by atoms with Crippen molar-refractivity contribution in [3.8, 4) is 0 Å². The number of hydrogen-bond donors (Lipinski definition) is 2. The number of sulfonamides is 1. The quantitative estimate of drug-likeness (QED) is 0.646. The lowest BCUT2D eigenvalue weighted by atomic mass is 10.0. The van der Waals surface area contributed by atoms with Crippen molar-refractivity contribution >= 4 is 31.6 Å². The second-order valence-corrected chi connectivity index (χ2v) is 12.4. The molecule has 0 saturated heterocycles. The number of rotatable bonds is 7. The summed E-state index contributed by atoms with van der Waals surface area (Å²) in [7, 11) is -6.98. The molecule has 0 spiro atoms. The number of pyridine rings is 1. The van der Waals surface area contributed by atoms with E-state index in [1.807, 2.05) is 19.9 Å². The molecule has 1 unspecified atom stereocenters. The number of aryl methyl sites for hydroxylation is 2. The van der Waals surface area contributed by atoms with Crippen LogP contribution in [0.15, 0.2) is 50.3 Å². The van der Waals surface area contributed by atoms with Crippen molar-refractivity contribution in [1.82, 2.24) is 9.71 Å². The molecule has 1 aromatic carbocycles. The van der Waals surface area contributed by atoms with E-state index in [0.717, 1.165) is 17.5 Å². The topological polar surface area (TPSA) is 113 Å². The third-order valence-electron chi connectivity index (χ3n) is 4.92. The van der Waals surface area contributed by atoms with Gasteiger partial charge in [0.25, 0.3) is 5.56 Å². The van der Waals surface area contributed by atoms with Crippen LogP contribution in [0.1, 0.15) is 41.0 Å². The molecule has 30 heavy (non-hydrogen) atoms. The SMILES string of the molecule is CCc1cc(C2CC=C(S(=O)(=O)NCc3ccc(S(C)(=O)=O)cc3)S2)c(C)[nH]c1=O.